The summed E-state index contributed by atoms with van der Waals surface area (Å²) in [5.74, 6) is 1.21. The molecule has 0 fully saturated rings. The van der Waals surface area contributed by atoms with Gasteiger partial charge in [-0.2, -0.15) is 0 Å². The molecule has 8 rings (SSSR count). The summed E-state index contributed by atoms with van der Waals surface area (Å²) in [6, 6.07) is 8.59. The van der Waals surface area contributed by atoms with Gasteiger partial charge in [0.15, 0.2) is 8.07 Å². The van der Waals surface area contributed by atoms with Gasteiger partial charge >= 0.3 is 0 Å². The van der Waals surface area contributed by atoms with E-state index in [-0.39, 0.29) is 0 Å². The number of hydrogen-bond acceptors (Lipinski definition) is 4. The highest BCUT2D eigenvalue weighted by Crippen LogP contribution is 2.48. The highest BCUT2D eigenvalue weighted by atomic mass is 28.3. The zero-order valence-corrected chi connectivity index (χ0v) is 29.4. The number of allylic oxidation sites excluding steroid dienone is 23. The van der Waals surface area contributed by atoms with Crippen LogP contribution in [0, 0.1) is 0 Å². The van der Waals surface area contributed by atoms with Crippen LogP contribution in [0.15, 0.2) is 164 Å². The first-order chi connectivity index (χ1) is 24.3. The molecule has 246 valence electrons. The molecule has 0 radical (unpaired) electrons. The van der Waals surface area contributed by atoms with Crippen molar-refractivity contribution in [3.63, 3.8) is 0 Å². The summed E-state index contributed by atoms with van der Waals surface area (Å²) in [5, 5.41) is 15.8. The average Bonchev–Trinajstić information content (AvgIpc) is 3.69. The molecule has 49 heavy (non-hydrogen) atoms. The summed E-state index contributed by atoms with van der Waals surface area (Å²) in [5.41, 5.74) is 5.79. The molecule has 1 heterocycles. The monoisotopic (exact) mass is 659 g/mol. The molecule has 1 aromatic carbocycles. The Morgan fingerprint density at radius 2 is 1.14 bits per heavy atom. The molecule has 0 atom stereocenters. The summed E-state index contributed by atoms with van der Waals surface area (Å²) in [4.78, 5) is 2.39. The highest BCUT2D eigenvalue weighted by molar-refractivity contribution is 7.04. The molecule has 0 spiro atoms. The highest BCUT2D eigenvalue weighted by Gasteiger charge is 2.47. The summed E-state index contributed by atoms with van der Waals surface area (Å²) in [7, 11) is -2.25. The van der Waals surface area contributed by atoms with E-state index < -0.39 is 8.07 Å². The zero-order chi connectivity index (χ0) is 32.9. The molecule has 0 saturated carbocycles. The third-order valence-electron chi connectivity index (χ3n) is 10.7. The molecule has 2 aromatic rings. The van der Waals surface area contributed by atoms with Crippen LogP contribution in [0.25, 0.3) is 17.0 Å². The number of hydrogen-bond donors (Lipinski definition) is 0. The number of benzene rings is 1. The largest absolute Gasteiger partial charge is 0.416 e. The van der Waals surface area contributed by atoms with Crippen molar-refractivity contribution < 1.29 is 4.42 Å². The van der Waals surface area contributed by atoms with Gasteiger partial charge in [0.25, 0.3) is 0 Å². The minimum atomic E-state index is -2.25. The van der Waals surface area contributed by atoms with Gasteiger partial charge in [-0.3, -0.25) is 0 Å². The molecule has 0 aliphatic heterocycles. The predicted molar refractivity (Wildman–Crippen MR) is 206 cm³/mol. The maximum atomic E-state index is 6.39. The first-order valence-corrected chi connectivity index (χ1v) is 20.3. The van der Waals surface area contributed by atoms with Crippen molar-refractivity contribution >= 4 is 19.3 Å². The molecule has 0 unspecified atom stereocenters. The first-order valence-electron chi connectivity index (χ1n) is 18.3. The van der Waals surface area contributed by atoms with E-state index in [0.29, 0.717) is 11.8 Å². The van der Waals surface area contributed by atoms with Gasteiger partial charge in [-0.25, -0.2) is 0 Å². The molecule has 0 amide bonds. The molecule has 1 aromatic heterocycles. The number of aromatic nitrogens is 2. The third kappa shape index (κ3) is 6.28. The Morgan fingerprint density at radius 3 is 1.67 bits per heavy atom. The van der Waals surface area contributed by atoms with Crippen LogP contribution in [0.1, 0.15) is 82.9 Å². The molecule has 6 aliphatic carbocycles. The van der Waals surface area contributed by atoms with Crippen LogP contribution >= 0.6 is 0 Å². The van der Waals surface area contributed by atoms with Crippen molar-refractivity contribution in [2.45, 2.75) is 77.0 Å². The van der Waals surface area contributed by atoms with E-state index >= 15 is 0 Å². The van der Waals surface area contributed by atoms with E-state index in [2.05, 4.69) is 143 Å². The molecule has 0 N–H and O–H groups in total. The van der Waals surface area contributed by atoms with Crippen LogP contribution in [-0.2, 0) is 0 Å². The van der Waals surface area contributed by atoms with Crippen molar-refractivity contribution in [1.82, 2.24) is 10.2 Å². The molecule has 0 bridgehead atoms. The lowest BCUT2D eigenvalue weighted by Crippen LogP contribution is -2.47. The fourth-order valence-corrected chi connectivity index (χ4v) is 14.3. The number of anilines is 1. The van der Waals surface area contributed by atoms with Crippen molar-refractivity contribution in [3.05, 3.63) is 166 Å². The number of rotatable bonds is 9. The van der Waals surface area contributed by atoms with E-state index in [1.54, 1.807) is 20.8 Å². The van der Waals surface area contributed by atoms with Crippen molar-refractivity contribution in [3.8, 4) is 11.5 Å². The standard InChI is InChI=1S/C44H45N3OSi/c1-6-16-36(17-7-1)47(37-18-8-2-9-19-37)38-30-26-34(27-31-38)43-45-46-44(48-43)35-28-32-42(33-29-35)49(39-20-10-3-11-21-39,40-22-12-4-13-23-40)41-24-14-5-15-25-41/h1,3-6,8,10,12,14,16,18-20,22,24,26-28,30-32H,2,7,9,11,13,15,17,21,23,25,29,33H2. The summed E-state index contributed by atoms with van der Waals surface area (Å²) in [6.07, 6.45) is 52.7. The van der Waals surface area contributed by atoms with Crippen molar-refractivity contribution in [2.75, 3.05) is 4.90 Å². The minimum absolute atomic E-state index is 0.571. The summed E-state index contributed by atoms with van der Waals surface area (Å²) >= 11 is 0. The Balaban J connectivity index is 1.09. The van der Waals surface area contributed by atoms with Crippen molar-refractivity contribution in [1.29, 1.82) is 0 Å². The van der Waals surface area contributed by atoms with Crippen LogP contribution in [0.5, 0.6) is 0 Å². The Bertz CT molecular complexity index is 1890. The quantitative estimate of drug-likeness (QED) is 0.251. The van der Waals surface area contributed by atoms with Crippen LogP contribution in [-0.4, -0.2) is 18.3 Å². The smallest absolute Gasteiger partial charge is 0.248 e. The lowest BCUT2D eigenvalue weighted by atomic mass is 10.0. The first kappa shape index (κ1) is 31.5. The fraction of sp³-hybridized carbons (Fsp3) is 0.273. The fourth-order valence-electron chi connectivity index (χ4n) is 8.36. The van der Waals surface area contributed by atoms with Gasteiger partial charge in [0, 0.05) is 28.2 Å². The van der Waals surface area contributed by atoms with Gasteiger partial charge in [0.1, 0.15) is 0 Å². The Morgan fingerprint density at radius 1 is 0.531 bits per heavy atom. The van der Waals surface area contributed by atoms with E-state index in [4.69, 9.17) is 4.42 Å². The normalized spacial score (nSPS) is 20.5. The predicted octanol–water partition coefficient (Wildman–Crippen LogP) is 11.5. The average molecular weight is 660 g/mol. The summed E-state index contributed by atoms with van der Waals surface area (Å²) in [6.45, 7) is 0. The SMILES string of the molecule is C1=CCCC(N(C2=CCCC=C2)c2ccc(-c3nnc(C4=CC=C([Si](C5=CC=CCC5)(C5=CC=CCC5)C5=CC=CCC5)CC4)o3)cc2)=C1. The Labute approximate surface area is 292 Å². The second-order valence-electron chi connectivity index (χ2n) is 13.6. The second-order valence-corrected chi connectivity index (χ2v) is 17.7. The maximum Gasteiger partial charge on any atom is 0.248 e. The van der Waals surface area contributed by atoms with E-state index in [1.807, 2.05) is 0 Å². The zero-order valence-electron chi connectivity index (χ0n) is 28.4. The van der Waals surface area contributed by atoms with Gasteiger partial charge in [0.2, 0.25) is 11.8 Å². The van der Waals surface area contributed by atoms with E-state index in [9.17, 15) is 0 Å². The molecular weight excluding hydrogens is 615 g/mol. The molecule has 4 nitrogen and oxygen atoms in total. The third-order valence-corrected chi connectivity index (χ3v) is 16.2. The van der Waals surface area contributed by atoms with Gasteiger partial charge in [-0.15, -0.1) is 10.2 Å². The Kier molecular flexibility index (Phi) is 9.26. The lowest BCUT2D eigenvalue weighted by molar-refractivity contribution is 0.550. The number of nitrogens with zero attached hydrogens (tertiary/aromatic N) is 3. The molecule has 0 saturated heterocycles. The second kappa shape index (κ2) is 14.4. The van der Waals surface area contributed by atoms with Gasteiger partial charge in [-0.05, 0) is 113 Å². The van der Waals surface area contributed by atoms with Crippen LogP contribution in [0.3, 0.4) is 0 Å². The van der Waals surface area contributed by atoms with Crippen LogP contribution in [0.4, 0.5) is 5.69 Å². The minimum Gasteiger partial charge on any atom is -0.416 e. The van der Waals surface area contributed by atoms with Gasteiger partial charge in [0.05, 0.1) is 0 Å². The molecule has 6 aliphatic rings. The van der Waals surface area contributed by atoms with Gasteiger partial charge < -0.3 is 9.32 Å². The summed E-state index contributed by atoms with van der Waals surface area (Å²) < 4.78 is 6.39. The topological polar surface area (TPSA) is 42.2 Å². The van der Waals surface area contributed by atoms with Crippen LogP contribution in [0.2, 0.25) is 0 Å². The van der Waals surface area contributed by atoms with Gasteiger partial charge in [-0.1, -0.05) is 112 Å². The molecule has 5 heteroatoms. The lowest BCUT2D eigenvalue weighted by Gasteiger charge is -2.43. The maximum absolute atomic E-state index is 6.39. The Hall–Kier alpha value is -4.74. The van der Waals surface area contributed by atoms with Crippen molar-refractivity contribution in [2.24, 2.45) is 0 Å². The molecular formula is C44H45N3OSi. The van der Waals surface area contributed by atoms with Crippen LogP contribution < -0.4 is 4.90 Å². The van der Waals surface area contributed by atoms with E-state index in [1.165, 1.54) is 11.4 Å². The van der Waals surface area contributed by atoms with E-state index in [0.717, 1.165) is 93.9 Å².